The van der Waals surface area contributed by atoms with Crippen LogP contribution in [0.4, 0.5) is 27.6 Å². The van der Waals surface area contributed by atoms with Gasteiger partial charge in [-0.2, -0.15) is 0 Å². The minimum atomic E-state index is -4.68. The fourth-order valence-corrected chi connectivity index (χ4v) is 2.52. The molecule has 0 radical (unpaired) electrons. The topological polar surface area (TPSA) is 54.1 Å². The molecule has 3 aromatic rings. The number of ether oxygens (including phenoxy) is 1. The van der Waals surface area contributed by atoms with E-state index in [0.717, 1.165) is 12.1 Å². The van der Waals surface area contributed by atoms with Crippen molar-refractivity contribution in [2.75, 3.05) is 11.9 Å². The van der Waals surface area contributed by atoms with Gasteiger partial charge in [-0.15, -0.1) is 13.2 Å². The average Bonchev–Trinajstić information content (AvgIpc) is 2.96. The van der Waals surface area contributed by atoms with Gasteiger partial charge in [-0.1, -0.05) is 12.1 Å². The first kappa shape index (κ1) is 18.8. The molecule has 3 rings (SSSR count). The molecule has 1 aromatic heterocycles. The first-order valence-corrected chi connectivity index (χ1v) is 7.80. The van der Waals surface area contributed by atoms with Gasteiger partial charge < -0.3 is 10.3 Å². The number of amides is 1. The van der Waals surface area contributed by atoms with E-state index in [2.05, 4.69) is 15.0 Å². The second-order valence-electron chi connectivity index (χ2n) is 5.71. The van der Waals surface area contributed by atoms with Crippen LogP contribution in [0.2, 0.25) is 0 Å². The van der Waals surface area contributed by atoms with E-state index in [-0.39, 0.29) is 17.7 Å². The molecule has 0 aliphatic heterocycles. The molecule has 0 bridgehead atoms. The fourth-order valence-electron chi connectivity index (χ4n) is 2.52. The van der Waals surface area contributed by atoms with Crippen LogP contribution in [0.5, 0.6) is 0 Å². The van der Waals surface area contributed by atoms with Gasteiger partial charge in [0.15, 0.2) is 11.6 Å². The minimum absolute atomic E-state index is 0.0364. The summed E-state index contributed by atoms with van der Waals surface area (Å²) in [5.74, 6) is -2.55. The number of fused-ring (bicyclic) bond motifs is 1. The van der Waals surface area contributed by atoms with Crippen molar-refractivity contribution in [2.45, 2.75) is 12.8 Å². The van der Waals surface area contributed by atoms with Crippen LogP contribution in [0.25, 0.3) is 10.9 Å². The summed E-state index contributed by atoms with van der Waals surface area (Å²) in [5, 5.41) is 2.89. The van der Waals surface area contributed by atoms with Gasteiger partial charge in [0, 0.05) is 23.2 Å². The molecule has 142 valence electrons. The predicted molar refractivity (Wildman–Crippen MR) is 88.3 cm³/mol. The highest BCUT2D eigenvalue weighted by atomic mass is 19.4. The SMILES string of the molecule is O=C(Nc1c[nH]c2cc(F)c(F)cc12)c1ccc(CCOC(F)(F)F)cc1. The Morgan fingerprint density at radius 3 is 2.41 bits per heavy atom. The summed E-state index contributed by atoms with van der Waals surface area (Å²) in [4.78, 5) is 15.0. The number of benzene rings is 2. The van der Waals surface area contributed by atoms with Crippen molar-refractivity contribution in [2.24, 2.45) is 0 Å². The van der Waals surface area contributed by atoms with Crippen LogP contribution >= 0.6 is 0 Å². The Hall–Kier alpha value is -2.94. The molecule has 4 nitrogen and oxygen atoms in total. The maximum absolute atomic E-state index is 13.4. The number of carbonyl (C=O) groups excluding carboxylic acids is 1. The van der Waals surface area contributed by atoms with Gasteiger partial charge in [0.05, 0.1) is 17.8 Å². The van der Waals surface area contributed by atoms with E-state index in [1.54, 1.807) is 0 Å². The third-order valence-corrected chi connectivity index (χ3v) is 3.84. The first-order valence-electron chi connectivity index (χ1n) is 7.80. The summed E-state index contributed by atoms with van der Waals surface area (Å²) in [6.07, 6.45) is -3.24. The van der Waals surface area contributed by atoms with Gasteiger partial charge in [-0.25, -0.2) is 8.78 Å². The Bertz CT molecular complexity index is 964. The molecule has 0 saturated heterocycles. The van der Waals surface area contributed by atoms with Gasteiger partial charge >= 0.3 is 6.36 Å². The Labute approximate surface area is 149 Å². The van der Waals surface area contributed by atoms with Crippen LogP contribution in [0, 0.1) is 11.6 Å². The molecule has 0 fully saturated rings. The number of carbonyl (C=O) groups is 1. The number of aromatic nitrogens is 1. The highest BCUT2D eigenvalue weighted by Crippen LogP contribution is 2.26. The number of H-pyrrole nitrogens is 1. The number of alkyl halides is 3. The number of aromatic amines is 1. The largest absolute Gasteiger partial charge is 0.522 e. The van der Waals surface area contributed by atoms with Gasteiger partial charge in [-0.05, 0) is 30.2 Å². The molecule has 0 spiro atoms. The average molecular weight is 384 g/mol. The third kappa shape index (κ3) is 4.62. The van der Waals surface area contributed by atoms with Crippen molar-refractivity contribution in [3.05, 3.63) is 65.4 Å². The molecule has 0 unspecified atom stereocenters. The molecule has 2 N–H and O–H groups in total. The summed E-state index contributed by atoms with van der Waals surface area (Å²) in [6, 6.07) is 7.89. The summed E-state index contributed by atoms with van der Waals surface area (Å²) in [7, 11) is 0. The molecule has 0 atom stereocenters. The van der Waals surface area contributed by atoms with Crippen LogP contribution in [0.3, 0.4) is 0 Å². The van der Waals surface area contributed by atoms with Gasteiger partial charge in [-0.3, -0.25) is 9.53 Å². The summed E-state index contributed by atoms with van der Waals surface area (Å²) in [6.45, 7) is -0.521. The van der Waals surface area contributed by atoms with Gasteiger partial charge in [0.25, 0.3) is 5.91 Å². The van der Waals surface area contributed by atoms with Gasteiger partial charge in [0.2, 0.25) is 0 Å². The quantitative estimate of drug-likeness (QED) is 0.623. The van der Waals surface area contributed by atoms with E-state index < -0.39 is 30.5 Å². The molecular formula is C18H13F5N2O2. The fraction of sp³-hybridized carbons (Fsp3) is 0.167. The molecule has 1 amide bonds. The minimum Gasteiger partial charge on any atom is -0.359 e. The maximum atomic E-state index is 13.4. The zero-order chi connectivity index (χ0) is 19.6. The lowest BCUT2D eigenvalue weighted by atomic mass is 10.1. The van der Waals surface area contributed by atoms with E-state index in [1.165, 1.54) is 30.5 Å². The lowest BCUT2D eigenvalue weighted by molar-refractivity contribution is -0.324. The number of halogens is 5. The molecule has 9 heteroatoms. The normalized spacial score (nSPS) is 11.7. The van der Waals surface area contributed by atoms with E-state index in [4.69, 9.17) is 0 Å². The van der Waals surface area contributed by atoms with Crippen molar-refractivity contribution in [3.63, 3.8) is 0 Å². The van der Waals surface area contributed by atoms with Crippen molar-refractivity contribution in [1.82, 2.24) is 4.98 Å². The lowest BCUT2D eigenvalue weighted by Gasteiger charge is -2.08. The second-order valence-corrected chi connectivity index (χ2v) is 5.71. The number of rotatable bonds is 5. The van der Waals surface area contributed by atoms with Crippen molar-refractivity contribution >= 4 is 22.5 Å². The number of anilines is 1. The Morgan fingerprint density at radius 1 is 1.07 bits per heavy atom. The maximum Gasteiger partial charge on any atom is 0.522 e. The molecule has 0 saturated carbocycles. The van der Waals surface area contributed by atoms with E-state index in [9.17, 15) is 26.7 Å². The predicted octanol–water partition coefficient (Wildman–Crippen LogP) is 4.78. The van der Waals surface area contributed by atoms with Crippen LogP contribution in [0.15, 0.2) is 42.6 Å². The Kier molecular flexibility index (Phi) is 5.13. The van der Waals surface area contributed by atoms with E-state index in [0.29, 0.717) is 16.5 Å². The molecular weight excluding hydrogens is 371 g/mol. The van der Waals surface area contributed by atoms with E-state index >= 15 is 0 Å². The number of hydrogen-bond donors (Lipinski definition) is 2. The van der Waals surface area contributed by atoms with Crippen LogP contribution in [-0.2, 0) is 11.2 Å². The Morgan fingerprint density at radius 2 is 1.74 bits per heavy atom. The van der Waals surface area contributed by atoms with Crippen molar-refractivity contribution in [3.8, 4) is 0 Å². The second kappa shape index (κ2) is 7.36. The molecule has 27 heavy (non-hydrogen) atoms. The number of hydrogen-bond acceptors (Lipinski definition) is 2. The highest BCUT2D eigenvalue weighted by Gasteiger charge is 2.28. The molecule has 0 aliphatic rings. The van der Waals surface area contributed by atoms with Crippen LogP contribution in [-0.4, -0.2) is 23.9 Å². The van der Waals surface area contributed by atoms with Crippen molar-refractivity contribution < 1.29 is 31.5 Å². The zero-order valence-electron chi connectivity index (χ0n) is 13.7. The number of nitrogens with one attached hydrogen (secondary N) is 2. The molecule has 2 aromatic carbocycles. The zero-order valence-corrected chi connectivity index (χ0v) is 13.7. The van der Waals surface area contributed by atoms with Gasteiger partial charge in [0.1, 0.15) is 0 Å². The third-order valence-electron chi connectivity index (χ3n) is 3.84. The summed E-state index contributed by atoms with van der Waals surface area (Å²) < 4.78 is 66.2. The first-order chi connectivity index (χ1) is 12.7. The summed E-state index contributed by atoms with van der Waals surface area (Å²) in [5.41, 5.74) is 1.42. The van der Waals surface area contributed by atoms with E-state index in [1.807, 2.05) is 0 Å². The summed E-state index contributed by atoms with van der Waals surface area (Å²) >= 11 is 0. The smallest absolute Gasteiger partial charge is 0.359 e. The standard InChI is InChI=1S/C18H13F5N2O2/c19-13-7-12-15(8-14(13)20)24-9-16(12)25-17(26)11-3-1-10(2-4-11)5-6-27-18(21,22)23/h1-4,7-9,24H,5-6H2,(H,25,26). The van der Waals surface area contributed by atoms with Crippen molar-refractivity contribution in [1.29, 1.82) is 0 Å². The highest BCUT2D eigenvalue weighted by molar-refractivity contribution is 6.09. The lowest BCUT2D eigenvalue weighted by Crippen LogP contribution is -2.15. The van der Waals surface area contributed by atoms with Crippen LogP contribution in [0.1, 0.15) is 15.9 Å². The van der Waals surface area contributed by atoms with Crippen LogP contribution < -0.4 is 5.32 Å². The molecule has 1 heterocycles. The molecule has 0 aliphatic carbocycles. The Balaban J connectivity index is 1.67. The monoisotopic (exact) mass is 384 g/mol.